The summed E-state index contributed by atoms with van der Waals surface area (Å²) in [5.41, 5.74) is 6.95. The topological polar surface area (TPSA) is 168 Å². The molecule has 1 aromatic rings. The maximum atomic E-state index is 11.9. The van der Waals surface area contributed by atoms with Crippen LogP contribution >= 0.6 is 0 Å². The van der Waals surface area contributed by atoms with Gasteiger partial charge in [0, 0.05) is 24.5 Å². The van der Waals surface area contributed by atoms with Crippen LogP contribution in [0.3, 0.4) is 0 Å². The summed E-state index contributed by atoms with van der Waals surface area (Å²) in [6, 6.07) is 3.34. The van der Waals surface area contributed by atoms with Gasteiger partial charge in [-0.05, 0) is 24.3 Å². The van der Waals surface area contributed by atoms with E-state index in [0.29, 0.717) is 0 Å². The van der Waals surface area contributed by atoms with Crippen LogP contribution in [-0.4, -0.2) is 39.2 Å². The summed E-state index contributed by atoms with van der Waals surface area (Å²) in [7, 11) is 0. The highest BCUT2D eigenvalue weighted by Crippen LogP contribution is 1.97. The first kappa shape index (κ1) is 18.1. The van der Waals surface area contributed by atoms with Crippen molar-refractivity contribution < 1.29 is 14.5 Å². The molecule has 11 nitrogen and oxygen atoms in total. The quantitative estimate of drug-likeness (QED) is 0.363. The third-order valence-electron chi connectivity index (χ3n) is 3.00. The molecular weight excluding hydrogens is 342 g/mol. The number of aromatic nitrogens is 1. The van der Waals surface area contributed by atoms with Gasteiger partial charge < -0.3 is 10.4 Å². The standard InChI is InChI=1S/C15H12N7O4/c16-8-13(19-18-11-3-5-12(6-4-11)22(25)26)15(24)21-20-14(23)10-2-1-7-17-9-10/h1-7,9,13,19H,(H2-,18,20,21,23,24,25,26)/q-1/t13-/m0/s1. The summed E-state index contributed by atoms with van der Waals surface area (Å²) in [5, 5.41) is 34.0. The summed E-state index contributed by atoms with van der Waals surface area (Å²) in [4.78, 5) is 26.9. The van der Waals surface area contributed by atoms with Gasteiger partial charge in [0.25, 0.3) is 11.8 Å². The summed E-state index contributed by atoms with van der Waals surface area (Å²) in [5.74, 6) is -1.44. The number of pyridine rings is 1. The minimum Gasteiger partial charge on any atom is -0.612 e. The third-order valence-corrected chi connectivity index (χ3v) is 3.00. The molecule has 1 aliphatic carbocycles. The molecule has 0 radical (unpaired) electrons. The molecule has 2 amide bonds. The lowest BCUT2D eigenvalue weighted by Gasteiger charge is -2.12. The van der Waals surface area contributed by atoms with E-state index < -0.39 is 22.8 Å². The van der Waals surface area contributed by atoms with Crippen molar-refractivity contribution in [1.82, 2.24) is 21.3 Å². The van der Waals surface area contributed by atoms with E-state index in [2.05, 4.69) is 26.4 Å². The van der Waals surface area contributed by atoms with Crippen molar-refractivity contribution in [3.63, 3.8) is 0 Å². The Bertz CT molecular complexity index is 830. The molecule has 1 aliphatic rings. The van der Waals surface area contributed by atoms with Gasteiger partial charge in [0.2, 0.25) is 11.8 Å². The van der Waals surface area contributed by atoms with E-state index in [9.17, 15) is 20.0 Å². The maximum Gasteiger partial charge on any atom is 0.277 e. The average Bonchev–Trinajstić information content (AvgIpc) is 2.67. The first-order chi connectivity index (χ1) is 12.5. The molecule has 0 unspecified atom stereocenters. The molecule has 0 spiro atoms. The van der Waals surface area contributed by atoms with Crippen molar-refractivity contribution in [3.8, 4) is 6.07 Å². The number of rotatable bonds is 4. The smallest absolute Gasteiger partial charge is 0.277 e. The van der Waals surface area contributed by atoms with Crippen LogP contribution in [0.4, 0.5) is 0 Å². The zero-order valence-corrected chi connectivity index (χ0v) is 13.1. The SMILES string of the molecule is N#C[C@H](NN=C1C=CC(=[N+]([O-])[O-])C=C1)C(=O)NNC(=O)c1cccnc1. The molecule has 0 aliphatic heterocycles. The lowest BCUT2D eigenvalue weighted by Crippen LogP contribution is -2.49. The summed E-state index contributed by atoms with van der Waals surface area (Å²) in [6.45, 7) is 0. The molecule has 0 saturated heterocycles. The van der Waals surface area contributed by atoms with Crippen LogP contribution in [0.2, 0.25) is 0 Å². The van der Waals surface area contributed by atoms with Crippen molar-refractivity contribution in [2.24, 2.45) is 5.10 Å². The van der Waals surface area contributed by atoms with E-state index in [0.717, 1.165) is 0 Å². The van der Waals surface area contributed by atoms with Gasteiger partial charge in [-0.25, -0.2) is 0 Å². The predicted molar refractivity (Wildman–Crippen MR) is 90.1 cm³/mol. The number of nitriles is 1. The Morgan fingerprint density at radius 3 is 2.54 bits per heavy atom. The Kier molecular flexibility index (Phi) is 6.00. The third kappa shape index (κ3) is 4.90. The van der Waals surface area contributed by atoms with Gasteiger partial charge in [-0.3, -0.25) is 30.9 Å². The Labute approximate surface area is 147 Å². The molecule has 0 aromatic carbocycles. The van der Waals surface area contributed by atoms with Gasteiger partial charge in [-0.1, -0.05) is 0 Å². The maximum absolute atomic E-state index is 11.9. The summed E-state index contributed by atoms with van der Waals surface area (Å²) >= 11 is 0. The lowest BCUT2D eigenvalue weighted by atomic mass is 10.1. The van der Waals surface area contributed by atoms with Gasteiger partial charge in [-0.2, -0.15) is 15.3 Å². The Morgan fingerprint density at radius 2 is 1.96 bits per heavy atom. The number of hydrogen-bond donors (Lipinski definition) is 3. The zero-order chi connectivity index (χ0) is 18.9. The van der Waals surface area contributed by atoms with Crippen molar-refractivity contribution in [3.05, 3.63) is 64.8 Å². The number of hydrazone groups is 1. The van der Waals surface area contributed by atoms with Crippen molar-refractivity contribution >= 4 is 23.2 Å². The number of carbonyl (C=O) groups excluding carboxylic acids is 2. The minimum atomic E-state index is -1.39. The Morgan fingerprint density at radius 1 is 1.23 bits per heavy atom. The van der Waals surface area contributed by atoms with Crippen molar-refractivity contribution in [2.75, 3.05) is 0 Å². The molecule has 2 rings (SSSR count). The molecule has 11 heteroatoms. The van der Waals surface area contributed by atoms with Crippen LogP contribution < -0.4 is 16.3 Å². The van der Waals surface area contributed by atoms with Crippen LogP contribution in [0.15, 0.2) is 53.9 Å². The summed E-state index contributed by atoms with van der Waals surface area (Å²) < 4.78 is 0. The van der Waals surface area contributed by atoms with E-state index in [4.69, 9.17) is 5.26 Å². The molecule has 132 valence electrons. The largest absolute Gasteiger partial charge is 0.612 e. The molecule has 1 atom stereocenters. The fourth-order valence-corrected chi connectivity index (χ4v) is 1.69. The summed E-state index contributed by atoms with van der Waals surface area (Å²) in [6.07, 6.45) is 7.96. The number of amides is 2. The number of nitrogens with one attached hydrogen (secondary N) is 3. The second-order valence-corrected chi connectivity index (χ2v) is 4.76. The Balaban J connectivity index is 1.90. The minimum absolute atomic E-state index is 0.114. The lowest BCUT2D eigenvalue weighted by molar-refractivity contribution is -0.377. The van der Waals surface area contributed by atoms with Crippen LogP contribution in [0.1, 0.15) is 10.4 Å². The first-order valence-corrected chi connectivity index (χ1v) is 7.12. The van der Waals surface area contributed by atoms with E-state index in [-0.39, 0.29) is 17.0 Å². The number of nitrogens with zero attached hydrogens (tertiary/aromatic N) is 4. The number of carbonyl (C=O) groups is 2. The van der Waals surface area contributed by atoms with Crippen molar-refractivity contribution in [2.45, 2.75) is 6.04 Å². The molecule has 3 N–H and O–H groups in total. The molecular formula is C15H12N7O4-. The number of hydrazine groups is 1. The second-order valence-electron chi connectivity index (χ2n) is 4.76. The van der Waals surface area contributed by atoms with Gasteiger partial charge in [0.15, 0.2) is 0 Å². The van der Waals surface area contributed by atoms with E-state index in [1.54, 1.807) is 12.1 Å². The van der Waals surface area contributed by atoms with E-state index in [1.807, 2.05) is 0 Å². The average molecular weight is 354 g/mol. The highest BCUT2D eigenvalue weighted by atomic mass is 16.8. The normalized spacial score (nSPS) is 13.3. The molecule has 0 bridgehead atoms. The van der Waals surface area contributed by atoms with Gasteiger partial charge in [-0.15, -0.1) is 0 Å². The van der Waals surface area contributed by atoms with Gasteiger partial charge in [0.1, 0.15) is 0 Å². The predicted octanol–water partition coefficient (Wildman–Crippen LogP) is -0.745. The highest BCUT2D eigenvalue weighted by Gasteiger charge is 2.18. The van der Waals surface area contributed by atoms with Crippen LogP contribution in [0.25, 0.3) is 0 Å². The van der Waals surface area contributed by atoms with E-state index >= 15 is 0 Å². The second kappa shape index (κ2) is 8.60. The van der Waals surface area contributed by atoms with Gasteiger partial charge >= 0.3 is 0 Å². The number of hydrogen-bond acceptors (Lipinski definition) is 8. The fourth-order valence-electron chi connectivity index (χ4n) is 1.69. The number of allylic oxidation sites excluding steroid dienone is 4. The molecule has 0 fully saturated rings. The highest BCUT2D eigenvalue weighted by molar-refractivity contribution is 6.16. The molecule has 0 saturated carbocycles. The monoisotopic (exact) mass is 354 g/mol. The van der Waals surface area contributed by atoms with Crippen LogP contribution in [0.5, 0.6) is 0 Å². The molecule has 1 heterocycles. The Hall–Kier alpha value is -4.20. The van der Waals surface area contributed by atoms with Gasteiger partial charge in [0.05, 0.1) is 17.3 Å². The van der Waals surface area contributed by atoms with Crippen LogP contribution in [-0.2, 0) is 4.79 Å². The molecule has 1 aromatic heterocycles. The zero-order valence-electron chi connectivity index (χ0n) is 13.1. The first-order valence-electron chi connectivity index (χ1n) is 7.12. The molecule has 26 heavy (non-hydrogen) atoms. The van der Waals surface area contributed by atoms with E-state index in [1.165, 1.54) is 42.8 Å². The van der Waals surface area contributed by atoms with Crippen molar-refractivity contribution in [1.29, 1.82) is 5.26 Å². The fraction of sp³-hybridized carbons (Fsp3) is 0.0667. The van der Waals surface area contributed by atoms with Crippen LogP contribution in [0, 0.1) is 21.7 Å².